The fourth-order valence-corrected chi connectivity index (χ4v) is 2.96. The Kier molecular flexibility index (Phi) is 2.91. The second kappa shape index (κ2) is 4.75. The Morgan fingerprint density at radius 1 is 1.16 bits per heavy atom. The van der Waals surface area contributed by atoms with E-state index in [9.17, 15) is 0 Å². The third-order valence-electron chi connectivity index (χ3n) is 4.43. The van der Waals surface area contributed by atoms with E-state index in [-0.39, 0.29) is 0 Å². The molecule has 0 bridgehead atoms. The van der Waals surface area contributed by atoms with Crippen molar-refractivity contribution in [3.63, 3.8) is 0 Å². The SMILES string of the molecule is c1cc(NC2CCOC(C3CC3)C2)nc(C2CC2)n1. The van der Waals surface area contributed by atoms with Crippen molar-refractivity contribution in [3.8, 4) is 0 Å². The summed E-state index contributed by atoms with van der Waals surface area (Å²) in [5.74, 6) is 3.47. The summed E-state index contributed by atoms with van der Waals surface area (Å²) in [7, 11) is 0. The normalized spacial score (nSPS) is 31.2. The van der Waals surface area contributed by atoms with Crippen molar-refractivity contribution in [1.29, 1.82) is 0 Å². The van der Waals surface area contributed by atoms with Gasteiger partial charge in [-0.05, 0) is 50.5 Å². The van der Waals surface area contributed by atoms with E-state index < -0.39 is 0 Å². The molecule has 102 valence electrons. The van der Waals surface area contributed by atoms with E-state index in [1.54, 1.807) is 0 Å². The van der Waals surface area contributed by atoms with Gasteiger partial charge in [0.2, 0.25) is 0 Å². The molecule has 1 aromatic heterocycles. The van der Waals surface area contributed by atoms with Crippen LogP contribution in [0.2, 0.25) is 0 Å². The third kappa shape index (κ3) is 2.73. The van der Waals surface area contributed by atoms with Crippen molar-refractivity contribution < 1.29 is 4.74 Å². The van der Waals surface area contributed by atoms with Crippen molar-refractivity contribution in [2.45, 2.75) is 56.6 Å². The van der Waals surface area contributed by atoms with Crippen LogP contribution in [0.4, 0.5) is 5.82 Å². The molecule has 2 atom stereocenters. The highest BCUT2D eigenvalue weighted by atomic mass is 16.5. The van der Waals surface area contributed by atoms with E-state index in [4.69, 9.17) is 4.74 Å². The van der Waals surface area contributed by atoms with Crippen molar-refractivity contribution in [1.82, 2.24) is 9.97 Å². The Hall–Kier alpha value is -1.16. The van der Waals surface area contributed by atoms with Crippen LogP contribution in [0.25, 0.3) is 0 Å². The second-order valence-electron chi connectivity index (χ2n) is 6.19. The van der Waals surface area contributed by atoms with Crippen molar-refractivity contribution in [2.24, 2.45) is 5.92 Å². The molecular formula is C15H21N3O. The number of nitrogens with zero attached hydrogens (tertiary/aromatic N) is 2. The number of aromatic nitrogens is 2. The molecule has 4 rings (SSSR count). The Bertz CT molecular complexity index is 456. The molecular weight excluding hydrogens is 238 g/mol. The van der Waals surface area contributed by atoms with Gasteiger partial charge in [0.05, 0.1) is 6.10 Å². The number of ether oxygens (including phenoxy) is 1. The molecule has 4 nitrogen and oxygen atoms in total. The minimum Gasteiger partial charge on any atom is -0.378 e. The van der Waals surface area contributed by atoms with Crippen LogP contribution in [0.15, 0.2) is 12.3 Å². The summed E-state index contributed by atoms with van der Waals surface area (Å²) in [6, 6.07) is 2.51. The van der Waals surface area contributed by atoms with Crippen LogP contribution in [0, 0.1) is 5.92 Å². The average Bonchev–Trinajstić information content (AvgIpc) is 3.31. The lowest BCUT2D eigenvalue weighted by Crippen LogP contribution is -2.35. The highest BCUT2D eigenvalue weighted by Crippen LogP contribution is 2.39. The van der Waals surface area contributed by atoms with E-state index in [2.05, 4.69) is 15.3 Å². The van der Waals surface area contributed by atoms with E-state index in [1.807, 2.05) is 12.3 Å². The van der Waals surface area contributed by atoms with Gasteiger partial charge >= 0.3 is 0 Å². The molecule has 19 heavy (non-hydrogen) atoms. The summed E-state index contributed by atoms with van der Waals surface area (Å²) in [4.78, 5) is 9.02. The molecule has 1 aromatic rings. The lowest BCUT2D eigenvalue weighted by atomic mass is 10.00. The van der Waals surface area contributed by atoms with Crippen LogP contribution in [-0.4, -0.2) is 28.7 Å². The van der Waals surface area contributed by atoms with Gasteiger partial charge in [0, 0.05) is 24.8 Å². The summed E-state index contributed by atoms with van der Waals surface area (Å²) in [5, 5.41) is 3.59. The first-order valence-electron chi connectivity index (χ1n) is 7.59. The molecule has 3 aliphatic rings. The monoisotopic (exact) mass is 259 g/mol. The molecule has 0 radical (unpaired) electrons. The lowest BCUT2D eigenvalue weighted by Gasteiger charge is -2.30. The summed E-state index contributed by atoms with van der Waals surface area (Å²) >= 11 is 0. The van der Waals surface area contributed by atoms with Gasteiger partial charge in [0.15, 0.2) is 0 Å². The molecule has 3 fully saturated rings. The number of rotatable bonds is 4. The Morgan fingerprint density at radius 3 is 2.84 bits per heavy atom. The van der Waals surface area contributed by atoms with Crippen LogP contribution < -0.4 is 5.32 Å². The first kappa shape index (κ1) is 11.6. The largest absolute Gasteiger partial charge is 0.378 e. The van der Waals surface area contributed by atoms with Crippen LogP contribution in [0.1, 0.15) is 50.3 Å². The first-order valence-corrected chi connectivity index (χ1v) is 7.59. The summed E-state index contributed by atoms with van der Waals surface area (Å²) in [6.45, 7) is 0.888. The van der Waals surface area contributed by atoms with Gasteiger partial charge < -0.3 is 10.1 Å². The number of nitrogens with one attached hydrogen (secondary N) is 1. The summed E-state index contributed by atoms with van der Waals surface area (Å²) in [6.07, 6.45) is 9.82. The molecule has 1 saturated heterocycles. The maximum absolute atomic E-state index is 5.87. The fourth-order valence-electron chi connectivity index (χ4n) is 2.96. The molecule has 0 spiro atoms. The Morgan fingerprint density at radius 2 is 2.05 bits per heavy atom. The van der Waals surface area contributed by atoms with E-state index in [1.165, 1.54) is 25.7 Å². The molecule has 2 heterocycles. The zero-order chi connectivity index (χ0) is 12.7. The zero-order valence-corrected chi connectivity index (χ0v) is 11.2. The van der Waals surface area contributed by atoms with Crippen molar-refractivity contribution in [3.05, 3.63) is 18.1 Å². The Labute approximate surface area is 114 Å². The van der Waals surface area contributed by atoms with Crippen LogP contribution in [0.3, 0.4) is 0 Å². The quantitative estimate of drug-likeness (QED) is 0.903. The maximum atomic E-state index is 5.87. The molecule has 0 aromatic carbocycles. The molecule has 2 saturated carbocycles. The zero-order valence-electron chi connectivity index (χ0n) is 11.2. The van der Waals surface area contributed by atoms with Gasteiger partial charge in [0.25, 0.3) is 0 Å². The second-order valence-corrected chi connectivity index (χ2v) is 6.19. The minimum absolute atomic E-state index is 0.482. The average molecular weight is 259 g/mol. The number of anilines is 1. The number of hydrogen-bond acceptors (Lipinski definition) is 4. The van der Waals surface area contributed by atoms with E-state index >= 15 is 0 Å². The minimum atomic E-state index is 0.482. The van der Waals surface area contributed by atoms with Gasteiger partial charge in [-0.2, -0.15) is 0 Å². The third-order valence-corrected chi connectivity index (χ3v) is 4.43. The standard InChI is InChI=1S/C15H21N3O/c1-2-10(1)13-9-12(6-8-19-13)17-14-5-7-16-15(18-14)11-3-4-11/h5,7,10-13H,1-4,6,8-9H2,(H,16,17,18). The van der Waals surface area contributed by atoms with Gasteiger partial charge in [-0.15, -0.1) is 0 Å². The first-order chi connectivity index (χ1) is 9.38. The van der Waals surface area contributed by atoms with Crippen LogP contribution in [-0.2, 0) is 4.74 Å². The molecule has 2 aliphatic carbocycles. The fraction of sp³-hybridized carbons (Fsp3) is 0.733. The highest BCUT2D eigenvalue weighted by molar-refractivity contribution is 5.35. The topological polar surface area (TPSA) is 47.0 Å². The maximum Gasteiger partial charge on any atom is 0.133 e. The van der Waals surface area contributed by atoms with Gasteiger partial charge in [0.1, 0.15) is 11.6 Å². The summed E-state index contributed by atoms with van der Waals surface area (Å²) < 4.78 is 5.87. The number of hydrogen-bond donors (Lipinski definition) is 1. The van der Waals surface area contributed by atoms with Gasteiger partial charge in [-0.3, -0.25) is 0 Å². The molecule has 0 amide bonds. The lowest BCUT2D eigenvalue weighted by molar-refractivity contribution is -0.00223. The predicted molar refractivity (Wildman–Crippen MR) is 73.1 cm³/mol. The predicted octanol–water partition coefficient (Wildman–Crippen LogP) is 2.72. The van der Waals surface area contributed by atoms with E-state index in [0.29, 0.717) is 18.1 Å². The smallest absolute Gasteiger partial charge is 0.133 e. The molecule has 4 heteroatoms. The molecule has 2 unspecified atom stereocenters. The van der Waals surface area contributed by atoms with Crippen LogP contribution in [0.5, 0.6) is 0 Å². The van der Waals surface area contributed by atoms with E-state index in [0.717, 1.165) is 37.0 Å². The van der Waals surface area contributed by atoms with Crippen molar-refractivity contribution in [2.75, 3.05) is 11.9 Å². The summed E-state index contributed by atoms with van der Waals surface area (Å²) in [5.41, 5.74) is 0. The molecule has 1 N–H and O–H groups in total. The van der Waals surface area contributed by atoms with Crippen molar-refractivity contribution >= 4 is 5.82 Å². The van der Waals surface area contributed by atoms with Crippen LogP contribution >= 0.6 is 0 Å². The van der Waals surface area contributed by atoms with Gasteiger partial charge in [-0.25, -0.2) is 9.97 Å². The van der Waals surface area contributed by atoms with Gasteiger partial charge in [-0.1, -0.05) is 0 Å². The molecule has 1 aliphatic heterocycles. The Balaban J connectivity index is 1.40. The highest BCUT2D eigenvalue weighted by Gasteiger charge is 2.36.